The van der Waals surface area contributed by atoms with Crippen molar-refractivity contribution in [1.29, 1.82) is 0 Å². The zero-order valence-corrected chi connectivity index (χ0v) is 6.61. The Morgan fingerprint density at radius 2 is 2.50 bits per heavy atom. The van der Waals surface area contributed by atoms with Crippen LogP contribution < -0.4 is 0 Å². The SMILES string of the molecule is [2H]C1=C(C=O)CCCC1(C)C. The molecule has 0 saturated heterocycles. The van der Waals surface area contributed by atoms with Crippen LogP contribution in [0.1, 0.15) is 34.5 Å². The van der Waals surface area contributed by atoms with E-state index in [-0.39, 0.29) is 5.41 Å². The zero-order valence-electron chi connectivity index (χ0n) is 7.61. The number of rotatable bonds is 1. The third kappa shape index (κ3) is 1.69. The highest BCUT2D eigenvalue weighted by molar-refractivity contribution is 5.73. The van der Waals surface area contributed by atoms with Crippen molar-refractivity contribution in [2.45, 2.75) is 33.1 Å². The first-order chi connectivity index (χ1) is 5.08. The van der Waals surface area contributed by atoms with Crippen LogP contribution in [0.15, 0.2) is 11.6 Å². The summed E-state index contributed by atoms with van der Waals surface area (Å²) in [5.41, 5.74) is 0.621. The molecule has 0 atom stereocenters. The number of hydrogen-bond acceptors (Lipinski definition) is 1. The van der Waals surface area contributed by atoms with E-state index in [1.165, 1.54) is 0 Å². The lowest BCUT2D eigenvalue weighted by atomic mass is 9.80. The quantitative estimate of drug-likeness (QED) is 0.509. The molecule has 0 aliphatic heterocycles. The van der Waals surface area contributed by atoms with Crippen LogP contribution in [0, 0.1) is 5.41 Å². The summed E-state index contributed by atoms with van der Waals surface area (Å²) in [7, 11) is 0. The highest BCUT2D eigenvalue weighted by Gasteiger charge is 2.19. The predicted octanol–water partition coefficient (Wildman–Crippen LogP) is 2.32. The third-order valence-electron chi connectivity index (χ3n) is 1.89. The van der Waals surface area contributed by atoms with Gasteiger partial charge in [0.1, 0.15) is 6.29 Å². The van der Waals surface area contributed by atoms with Crippen LogP contribution in [0.3, 0.4) is 0 Å². The molecule has 56 valence electrons. The summed E-state index contributed by atoms with van der Waals surface area (Å²) in [5, 5.41) is 0. The van der Waals surface area contributed by atoms with Crippen molar-refractivity contribution in [2.75, 3.05) is 0 Å². The van der Waals surface area contributed by atoms with E-state index in [1.54, 1.807) is 0 Å². The van der Waals surface area contributed by atoms with Gasteiger partial charge in [0.05, 0.1) is 1.37 Å². The highest BCUT2D eigenvalue weighted by atomic mass is 16.1. The smallest absolute Gasteiger partial charge is 0.145 e. The van der Waals surface area contributed by atoms with Crippen molar-refractivity contribution in [1.82, 2.24) is 0 Å². The predicted molar refractivity (Wildman–Crippen MR) is 41.8 cm³/mol. The van der Waals surface area contributed by atoms with Crippen LogP contribution in [0.5, 0.6) is 0 Å². The first-order valence-electron chi connectivity index (χ1n) is 4.23. The molecule has 0 amide bonds. The Balaban J connectivity index is 2.98. The van der Waals surface area contributed by atoms with Gasteiger partial charge in [-0.05, 0) is 30.3 Å². The standard InChI is InChI=1S/C9H14O/c1-9(2)5-3-4-8(6-9)7-10/h6-7H,3-5H2,1-2H3/i6D. The van der Waals surface area contributed by atoms with E-state index in [1.807, 2.05) is 13.8 Å². The van der Waals surface area contributed by atoms with Crippen LogP contribution in [-0.2, 0) is 4.79 Å². The molecule has 0 unspecified atom stereocenters. The van der Waals surface area contributed by atoms with Gasteiger partial charge in [-0.1, -0.05) is 19.9 Å². The molecule has 0 radical (unpaired) electrons. The summed E-state index contributed by atoms with van der Waals surface area (Å²) in [5.74, 6) is 0. The molecule has 1 rings (SSSR count). The fraction of sp³-hybridized carbons (Fsp3) is 0.667. The Morgan fingerprint density at radius 1 is 1.80 bits per heavy atom. The molecule has 0 aromatic carbocycles. The van der Waals surface area contributed by atoms with Gasteiger partial charge in [0.15, 0.2) is 0 Å². The second kappa shape index (κ2) is 2.57. The Morgan fingerprint density at radius 3 is 3.00 bits per heavy atom. The summed E-state index contributed by atoms with van der Waals surface area (Å²) in [6, 6.07) is 0.541. The molecule has 0 saturated carbocycles. The van der Waals surface area contributed by atoms with Gasteiger partial charge < -0.3 is 0 Å². The van der Waals surface area contributed by atoms with Gasteiger partial charge in [-0.2, -0.15) is 0 Å². The molecule has 0 heterocycles. The summed E-state index contributed by atoms with van der Waals surface area (Å²) >= 11 is 0. The molecule has 0 fully saturated rings. The third-order valence-corrected chi connectivity index (χ3v) is 1.89. The number of aldehydes is 1. The van der Waals surface area contributed by atoms with Crippen LogP contribution in [0.2, 0.25) is 0 Å². The van der Waals surface area contributed by atoms with E-state index in [4.69, 9.17) is 1.37 Å². The van der Waals surface area contributed by atoms with Crippen molar-refractivity contribution in [3.63, 3.8) is 0 Å². The minimum absolute atomic E-state index is 0.0749. The first-order valence-corrected chi connectivity index (χ1v) is 3.73. The minimum atomic E-state index is -0.0749. The second-order valence-electron chi connectivity index (χ2n) is 3.51. The van der Waals surface area contributed by atoms with Gasteiger partial charge in [0, 0.05) is 0 Å². The van der Waals surface area contributed by atoms with Gasteiger partial charge in [0.25, 0.3) is 0 Å². The van der Waals surface area contributed by atoms with Gasteiger partial charge in [-0.3, -0.25) is 4.79 Å². The molecular formula is C9H14O. The summed E-state index contributed by atoms with van der Waals surface area (Å²) in [6.07, 6.45) is 3.71. The van der Waals surface area contributed by atoms with Crippen LogP contribution in [-0.4, -0.2) is 6.29 Å². The van der Waals surface area contributed by atoms with Gasteiger partial charge >= 0.3 is 0 Å². The Hall–Kier alpha value is -0.590. The number of carbonyl (C=O) groups excluding carboxylic acids is 1. The summed E-state index contributed by atoms with van der Waals surface area (Å²) < 4.78 is 7.68. The monoisotopic (exact) mass is 139 g/mol. The largest absolute Gasteiger partial charge is 0.298 e. The molecular weight excluding hydrogens is 124 g/mol. The van der Waals surface area contributed by atoms with Crippen LogP contribution in [0.4, 0.5) is 0 Å². The average Bonchev–Trinajstić information content (AvgIpc) is 1.95. The molecule has 0 aromatic rings. The van der Waals surface area contributed by atoms with E-state index < -0.39 is 0 Å². The normalized spacial score (nSPS) is 26.0. The molecule has 0 N–H and O–H groups in total. The molecule has 1 nitrogen and oxygen atoms in total. The number of hydrogen-bond donors (Lipinski definition) is 0. The van der Waals surface area contributed by atoms with E-state index in [0.29, 0.717) is 11.6 Å². The van der Waals surface area contributed by atoms with E-state index in [0.717, 1.165) is 25.5 Å². The summed E-state index contributed by atoms with van der Waals surface area (Å²) in [4.78, 5) is 10.5. The Bertz CT molecular complexity index is 204. The van der Waals surface area contributed by atoms with E-state index in [2.05, 4.69) is 0 Å². The lowest BCUT2D eigenvalue weighted by molar-refractivity contribution is -0.105. The Kier molecular flexibility index (Phi) is 1.58. The first kappa shape index (κ1) is 6.14. The van der Waals surface area contributed by atoms with Crippen molar-refractivity contribution >= 4 is 6.29 Å². The number of carbonyl (C=O) groups is 1. The Labute approximate surface area is 63.5 Å². The van der Waals surface area contributed by atoms with Crippen molar-refractivity contribution < 1.29 is 6.17 Å². The average molecular weight is 139 g/mol. The lowest BCUT2D eigenvalue weighted by Crippen LogP contribution is -2.13. The van der Waals surface area contributed by atoms with Gasteiger partial charge in [-0.25, -0.2) is 0 Å². The van der Waals surface area contributed by atoms with Crippen LogP contribution in [0.25, 0.3) is 0 Å². The van der Waals surface area contributed by atoms with Crippen molar-refractivity contribution in [3.05, 3.63) is 11.6 Å². The van der Waals surface area contributed by atoms with E-state index >= 15 is 0 Å². The second-order valence-corrected chi connectivity index (χ2v) is 3.51. The lowest BCUT2D eigenvalue weighted by Gasteiger charge is -2.25. The van der Waals surface area contributed by atoms with Crippen molar-refractivity contribution in [3.8, 4) is 0 Å². The fourth-order valence-corrected chi connectivity index (χ4v) is 1.37. The fourth-order valence-electron chi connectivity index (χ4n) is 1.37. The molecule has 0 aromatic heterocycles. The van der Waals surface area contributed by atoms with Crippen LogP contribution >= 0.6 is 0 Å². The van der Waals surface area contributed by atoms with E-state index in [9.17, 15) is 4.79 Å². The molecule has 1 aliphatic rings. The topological polar surface area (TPSA) is 17.1 Å². The number of allylic oxidation sites excluding steroid dienone is 2. The van der Waals surface area contributed by atoms with Crippen molar-refractivity contribution in [2.24, 2.45) is 5.41 Å². The highest BCUT2D eigenvalue weighted by Crippen LogP contribution is 2.31. The maximum absolute atomic E-state index is 10.5. The molecule has 1 aliphatic carbocycles. The molecule has 10 heavy (non-hydrogen) atoms. The zero-order chi connectivity index (χ0) is 8.48. The summed E-state index contributed by atoms with van der Waals surface area (Å²) in [6.45, 7) is 4.05. The molecule has 1 heteroatoms. The van der Waals surface area contributed by atoms with Gasteiger partial charge in [0.2, 0.25) is 0 Å². The maximum Gasteiger partial charge on any atom is 0.145 e. The molecule has 0 bridgehead atoms. The molecule has 0 spiro atoms. The maximum atomic E-state index is 10.5. The van der Waals surface area contributed by atoms with Gasteiger partial charge in [-0.15, -0.1) is 0 Å². The minimum Gasteiger partial charge on any atom is -0.298 e.